The van der Waals surface area contributed by atoms with Gasteiger partial charge >= 0.3 is 11.9 Å². The van der Waals surface area contributed by atoms with Crippen molar-refractivity contribution in [2.24, 2.45) is 0 Å². The van der Waals surface area contributed by atoms with Gasteiger partial charge in [-0.3, -0.25) is 0 Å². The molecule has 0 atom stereocenters. The Kier molecular flexibility index (Phi) is 7.90. The summed E-state index contributed by atoms with van der Waals surface area (Å²) in [4.78, 5) is 23.0. The number of benzene rings is 4. The molecule has 0 amide bonds. The number of nitrogens with two attached hydrogens (primary N) is 2. The summed E-state index contributed by atoms with van der Waals surface area (Å²) < 4.78 is 5.39. The second kappa shape index (κ2) is 10.2. The van der Waals surface area contributed by atoms with E-state index in [2.05, 4.69) is 0 Å². The van der Waals surface area contributed by atoms with E-state index >= 15 is 0 Å². The Morgan fingerprint density at radius 3 is 1.52 bits per heavy atom. The average molecular weight is 467 g/mol. The molecule has 172 valence electrons. The first-order valence-corrected chi connectivity index (χ1v) is 10.1. The van der Waals surface area contributed by atoms with Crippen LogP contribution in [0.2, 0.25) is 0 Å². The van der Waals surface area contributed by atoms with Gasteiger partial charge in [0.15, 0.2) is 0 Å². The summed E-state index contributed by atoms with van der Waals surface area (Å²) in [5, 5.41) is 12.1. The monoisotopic (exact) mass is 466 g/mol. The number of carboxylic acids is 1. The summed E-state index contributed by atoms with van der Waals surface area (Å²) in [6.45, 7) is 5.55. The van der Waals surface area contributed by atoms with Crippen LogP contribution in [0, 0.1) is 0 Å². The Bertz CT molecular complexity index is 1310. The molecule has 4 aromatic rings. The van der Waals surface area contributed by atoms with Crippen LogP contribution < -0.4 is 11.5 Å². The Labute approximate surface area is 198 Å². The number of esters is 1. The van der Waals surface area contributed by atoms with Crippen molar-refractivity contribution in [3.8, 4) is 0 Å². The van der Waals surface area contributed by atoms with Gasteiger partial charge in [-0.15, -0.1) is 12.4 Å². The van der Waals surface area contributed by atoms with E-state index in [1.54, 1.807) is 30.3 Å². The molecule has 0 radical (unpaired) electrons. The minimum atomic E-state index is -0.929. The molecule has 0 aliphatic carbocycles. The van der Waals surface area contributed by atoms with Crippen molar-refractivity contribution < 1.29 is 19.4 Å². The van der Waals surface area contributed by atoms with Gasteiger partial charge < -0.3 is 21.3 Å². The van der Waals surface area contributed by atoms with E-state index in [-0.39, 0.29) is 23.9 Å². The Morgan fingerprint density at radius 2 is 1.09 bits per heavy atom. The molecule has 0 aromatic heterocycles. The lowest BCUT2D eigenvalue weighted by Crippen LogP contribution is -2.24. The minimum Gasteiger partial charge on any atom is -0.478 e. The highest BCUT2D eigenvalue weighted by molar-refractivity contribution is 6.08. The van der Waals surface area contributed by atoms with Gasteiger partial charge in [-0.25, -0.2) is 9.59 Å². The first-order valence-electron chi connectivity index (χ1n) is 10.1. The van der Waals surface area contributed by atoms with Crippen LogP contribution in [0.15, 0.2) is 72.8 Å². The SMILES string of the molecule is CC(C)(C)OC(=O)c1ccc(N)c2ccccc12.Cl.Nc1ccc(C(=O)O)c2ccccc12. The number of carboxylic acid groups (broad SMARTS) is 1. The smallest absolute Gasteiger partial charge is 0.339 e. The van der Waals surface area contributed by atoms with Crippen LogP contribution >= 0.6 is 12.4 Å². The van der Waals surface area contributed by atoms with E-state index in [0.717, 1.165) is 16.2 Å². The van der Waals surface area contributed by atoms with Crippen molar-refractivity contribution in [3.63, 3.8) is 0 Å². The number of hydrogen-bond donors (Lipinski definition) is 3. The first kappa shape index (κ1) is 25.5. The van der Waals surface area contributed by atoms with Gasteiger partial charge in [-0.2, -0.15) is 0 Å². The zero-order valence-corrected chi connectivity index (χ0v) is 19.5. The predicted molar refractivity (Wildman–Crippen MR) is 136 cm³/mol. The molecule has 0 saturated heterocycles. The fraction of sp³-hybridized carbons (Fsp3) is 0.154. The Balaban J connectivity index is 0.000000233. The normalized spacial score (nSPS) is 10.6. The zero-order chi connectivity index (χ0) is 23.5. The summed E-state index contributed by atoms with van der Waals surface area (Å²) >= 11 is 0. The number of carbonyl (C=O) groups is 2. The van der Waals surface area contributed by atoms with Crippen molar-refractivity contribution in [1.82, 2.24) is 0 Å². The maximum absolute atomic E-state index is 12.1. The summed E-state index contributed by atoms with van der Waals surface area (Å²) in [5.41, 5.74) is 13.2. The molecule has 0 unspecified atom stereocenters. The van der Waals surface area contributed by atoms with E-state index in [1.165, 1.54) is 6.07 Å². The third-order valence-corrected chi connectivity index (χ3v) is 4.76. The quantitative estimate of drug-likeness (QED) is 0.249. The average Bonchev–Trinajstić information content (AvgIpc) is 2.73. The number of nitrogen functional groups attached to an aromatic ring is 2. The van der Waals surface area contributed by atoms with Crippen molar-refractivity contribution in [2.45, 2.75) is 26.4 Å². The maximum atomic E-state index is 12.1. The summed E-state index contributed by atoms with van der Waals surface area (Å²) in [6.07, 6.45) is 0. The predicted octanol–water partition coefficient (Wildman–Crippen LogP) is 5.92. The number of halogens is 1. The highest BCUT2D eigenvalue weighted by Crippen LogP contribution is 2.26. The van der Waals surface area contributed by atoms with Crippen LogP contribution in [-0.4, -0.2) is 22.6 Å². The molecule has 4 aromatic carbocycles. The fourth-order valence-corrected chi connectivity index (χ4v) is 3.34. The largest absolute Gasteiger partial charge is 0.478 e. The number of hydrogen-bond acceptors (Lipinski definition) is 5. The number of carbonyl (C=O) groups excluding carboxylic acids is 1. The number of rotatable bonds is 2. The van der Waals surface area contributed by atoms with E-state index in [9.17, 15) is 9.59 Å². The van der Waals surface area contributed by atoms with Crippen LogP contribution in [0.5, 0.6) is 0 Å². The second-order valence-corrected chi connectivity index (χ2v) is 8.30. The molecule has 7 heteroatoms. The number of fused-ring (bicyclic) bond motifs is 2. The fourth-order valence-electron chi connectivity index (χ4n) is 3.34. The molecular formula is C26H27ClN2O4. The highest BCUT2D eigenvalue weighted by atomic mass is 35.5. The molecule has 33 heavy (non-hydrogen) atoms. The lowest BCUT2D eigenvalue weighted by Gasteiger charge is -2.20. The molecule has 4 rings (SSSR count). The molecule has 0 saturated carbocycles. The first-order chi connectivity index (χ1) is 15.1. The molecule has 0 heterocycles. The standard InChI is InChI=1S/C15H17NO2.C11H9NO2.ClH/c1-15(2,3)18-14(17)12-8-9-13(16)11-7-5-4-6-10(11)12;12-10-6-5-9(11(13)14)7-3-1-2-4-8(7)10;/h4-9H,16H2,1-3H3;1-6H,12H2,(H,13,14);1H. The van der Waals surface area contributed by atoms with E-state index < -0.39 is 11.6 Å². The van der Waals surface area contributed by atoms with Crippen molar-refractivity contribution in [3.05, 3.63) is 83.9 Å². The van der Waals surface area contributed by atoms with Gasteiger partial charge in [0.25, 0.3) is 0 Å². The summed E-state index contributed by atoms with van der Waals surface area (Å²) in [7, 11) is 0. The van der Waals surface area contributed by atoms with E-state index in [1.807, 2.05) is 57.2 Å². The van der Waals surface area contributed by atoms with Gasteiger partial charge in [0.2, 0.25) is 0 Å². The highest BCUT2D eigenvalue weighted by Gasteiger charge is 2.19. The third-order valence-electron chi connectivity index (χ3n) is 4.76. The van der Waals surface area contributed by atoms with Crippen molar-refractivity contribution >= 4 is 57.3 Å². The Morgan fingerprint density at radius 1 is 0.697 bits per heavy atom. The number of aromatic carboxylic acids is 1. The molecule has 5 N–H and O–H groups in total. The van der Waals surface area contributed by atoms with Crippen LogP contribution in [-0.2, 0) is 4.74 Å². The minimum absolute atomic E-state index is 0. The second-order valence-electron chi connectivity index (χ2n) is 8.30. The summed E-state index contributed by atoms with van der Waals surface area (Å²) in [5.74, 6) is -1.25. The van der Waals surface area contributed by atoms with Gasteiger partial charge in [0, 0.05) is 22.1 Å². The van der Waals surface area contributed by atoms with Crippen LogP contribution in [0.4, 0.5) is 11.4 Å². The van der Waals surface area contributed by atoms with Crippen molar-refractivity contribution in [1.29, 1.82) is 0 Å². The lowest BCUT2D eigenvalue weighted by atomic mass is 10.0. The topological polar surface area (TPSA) is 116 Å². The molecular weight excluding hydrogens is 440 g/mol. The van der Waals surface area contributed by atoms with Gasteiger partial charge in [-0.05, 0) is 55.8 Å². The lowest BCUT2D eigenvalue weighted by molar-refractivity contribution is 0.00716. The summed E-state index contributed by atoms with van der Waals surface area (Å²) in [6, 6.07) is 21.4. The Hall–Kier alpha value is -3.77. The number of anilines is 2. The van der Waals surface area contributed by atoms with Gasteiger partial charge in [0.1, 0.15) is 5.60 Å². The molecule has 0 bridgehead atoms. The van der Waals surface area contributed by atoms with Crippen LogP contribution in [0.25, 0.3) is 21.5 Å². The van der Waals surface area contributed by atoms with Gasteiger partial charge in [0.05, 0.1) is 11.1 Å². The van der Waals surface area contributed by atoms with Crippen molar-refractivity contribution in [2.75, 3.05) is 11.5 Å². The molecule has 0 fully saturated rings. The van der Waals surface area contributed by atoms with Crippen LogP contribution in [0.3, 0.4) is 0 Å². The van der Waals surface area contributed by atoms with E-state index in [4.69, 9.17) is 21.3 Å². The van der Waals surface area contributed by atoms with Crippen LogP contribution in [0.1, 0.15) is 41.5 Å². The molecule has 6 nitrogen and oxygen atoms in total. The molecule has 0 spiro atoms. The van der Waals surface area contributed by atoms with E-state index in [0.29, 0.717) is 22.3 Å². The third kappa shape index (κ3) is 5.93. The molecule has 0 aliphatic rings. The maximum Gasteiger partial charge on any atom is 0.339 e. The molecule has 0 aliphatic heterocycles. The zero-order valence-electron chi connectivity index (χ0n) is 18.7. The van der Waals surface area contributed by atoms with Gasteiger partial charge in [-0.1, -0.05) is 48.5 Å². The number of ether oxygens (including phenoxy) is 1.